The van der Waals surface area contributed by atoms with Crippen molar-refractivity contribution in [2.75, 3.05) is 19.6 Å². The van der Waals surface area contributed by atoms with E-state index in [1.807, 2.05) is 0 Å². The van der Waals surface area contributed by atoms with E-state index in [4.69, 9.17) is 0 Å². The van der Waals surface area contributed by atoms with Gasteiger partial charge in [0.15, 0.2) is 0 Å². The molecular weight excluding hydrogens is 238 g/mol. The molecule has 8 nitrogen and oxygen atoms in total. The van der Waals surface area contributed by atoms with E-state index in [2.05, 4.69) is 20.5 Å². The molecule has 0 radical (unpaired) electrons. The maximum absolute atomic E-state index is 11.5. The first-order chi connectivity index (χ1) is 8.66. The molecule has 3 N–H and O–H groups in total. The lowest BCUT2D eigenvalue weighted by Crippen LogP contribution is -2.31. The zero-order valence-corrected chi connectivity index (χ0v) is 9.86. The van der Waals surface area contributed by atoms with Crippen molar-refractivity contribution in [2.45, 2.75) is 19.3 Å². The number of amides is 2. The Labute approximate surface area is 103 Å². The van der Waals surface area contributed by atoms with Crippen LogP contribution in [-0.4, -0.2) is 51.5 Å². The Hall–Kier alpha value is -2.12. The fourth-order valence-corrected chi connectivity index (χ4v) is 1.87. The van der Waals surface area contributed by atoms with E-state index in [-0.39, 0.29) is 11.7 Å². The fraction of sp³-hybridized carbons (Fsp3) is 0.600. The quantitative estimate of drug-likeness (QED) is 0.575. The molecule has 0 aliphatic carbocycles. The lowest BCUT2D eigenvalue weighted by molar-refractivity contribution is -0.127. The average Bonchev–Trinajstić information content (AvgIpc) is 2.94. The van der Waals surface area contributed by atoms with Crippen molar-refractivity contribution < 1.29 is 9.59 Å². The molecule has 0 atom stereocenters. The minimum atomic E-state index is -0.511. The van der Waals surface area contributed by atoms with Gasteiger partial charge in [-0.15, -0.1) is 5.10 Å². The first-order valence-corrected chi connectivity index (χ1v) is 5.87. The smallest absolute Gasteiger partial charge is 0.341 e. The fourth-order valence-electron chi connectivity index (χ4n) is 1.87. The monoisotopic (exact) mass is 253 g/mol. The number of nitrogens with one attached hydrogen (secondary N) is 3. The number of likely N-dealkylation sites (tertiary alicyclic amines) is 1. The second-order valence-corrected chi connectivity index (χ2v) is 4.12. The van der Waals surface area contributed by atoms with Crippen molar-refractivity contribution >= 4 is 11.8 Å². The molecule has 1 fully saturated rings. The summed E-state index contributed by atoms with van der Waals surface area (Å²) in [5, 5.41) is 8.25. The van der Waals surface area contributed by atoms with Crippen molar-refractivity contribution in [2.24, 2.45) is 0 Å². The highest BCUT2D eigenvalue weighted by molar-refractivity contribution is 5.90. The largest absolute Gasteiger partial charge is 0.349 e. The number of hydrogen-bond donors (Lipinski definition) is 3. The summed E-state index contributed by atoms with van der Waals surface area (Å²) in [4.78, 5) is 37.6. The summed E-state index contributed by atoms with van der Waals surface area (Å²) in [5.74, 6) is -0.281. The molecule has 1 aromatic heterocycles. The van der Waals surface area contributed by atoms with Crippen LogP contribution in [0.5, 0.6) is 0 Å². The van der Waals surface area contributed by atoms with Crippen LogP contribution < -0.4 is 11.0 Å². The minimum absolute atomic E-state index is 0.0303. The summed E-state index contributed by atoms with van der Waals surface area (Å²) < 4.78 is 0. The van der Waals surface area contributed by atoms with Crippen molar-refractivity contribution in [3.8, 4) is 0 Å². The van der Waals surface area contributed by atoms with E-state index in [1.54, 1.807) is 4.90 Å². The zero-order valence-electron chi connectivity index (χ0n) is 9.86. The van der Waals surface area contributed by atoms with Gasteiger partial charge in [0.25, 0.3) is 5.91 Å². The Morgan fingerprint density at radius 1 is 1.44 bits per heavy atom. The minimum Gasteiger partial charge on any atom is -0.349 e. The molecule has 1 saturated heterocycles. The number of aromatic nitrogens is 3. The average molecular weight is 253 g/mol. The predicted molar refractivity (Wildman–Crippen MR) is 62.0 cm³/mol. The van der Waals surface area contributed by atoms with E-state index < -0.39 is 11.6 Å². The van der Waals surface area contributed by atoms with Gasteiger partial charge in [0.05, 0.1) is 0 Å². The molecule has 0 spiro atoms. The van der Waals surface area contributed by atoms with Crippen LogP contribution in [0.1, 0.15) is 29.9 Å². The molecule has 2 heterocycles. The van der Waals surface area contributed by atoms with Gasteiger partial charge in [0.1, 0.15) is 0 Å². The first-order valence-electron chi connectivity index (χ1n) is 5.87. The van der Waals surface area contributed by atoms with Crippen LogP contribution in [-0.2, 0) is 4.79 Å². The summed E-state index contributed by atoms with van der Waals surface area (Å²) in [7, 11) is 0. The SMILES string of the molecule is O=C(NCCCN1CCCC1=O)c1n[nH]c(=O)[nH]1. The number of rotatable bonds is 5. The van der Waals surface area contributed by atoms with Crippen molar-refractivity contribution in [3.05, 3.63) is 16.3 Å². The van der Waals surface area contributed by atoms with Crippen LogP contribution in [0.15, 0.2) is 4.79 Å². The summed E-state index contributed by atoms with van der Waals surface area (Å²) >= 11 is 0. The van der Waals surface area contributed by atoms with Crippen LogP contribution in [0.3, 0.4) is 0 Å². The van der Waals surface area contributed by atoms with Gasteiger partial charge in [-0.25, -0.2) is 9.89 Å². The highest BCUT2D eigenvalue weighted by Crippen LogP contribution is 2.09. The standard InChI is InChI=1S/C10H15N5O3/c16-7-3-1-5-15(7)6-2-4-11-9(17)8-12-10(18)14-13-8/h1-6H2,(H,11,17)(H2,12,13,14,18). The van der Waals surface area contributed by atoms with Crippen LogP contribution >= 0.6 is 0 Å². The molecule has 2 amide bonds. The second-order valence-electron chi connectivity index (χ2n) is 4.12. The van der Waals surface area contributed by atoms with Gasteiger partial charge in [-0.3, -0.25) is 14.6 Å². The molecule has 1 aliphatic rings. The number of H-pyrrole nitrogens is 2. The number of aromatic amines is 2. The van der Waals surface area contributed by atoms with Crippen LogP contribution in [0.2, 0.25) is 0 Å². The van der Waals surface area contributed by atoms with E-state index >= 15 is 0 Å². The highest BCUT2D eigenvalue weighted by atomic mass is 16.2. The highest BCUT2D eigenvalue weighted by Gasteiger charge is 2.19. The normalized spacial score (nSPS) is 15.1. The van der Waals surface area contributed by atoms with Crippen LogP contribution in [0.4, 0.5) is 0 Å². The van der Waals surface area contributed by atoms with Crippen molar-refractivity contribution in [1.82, 2.24) is 25.4 Å². The van der Waals surface area contributed by atoms with E-state index in [0.717, 1.165) is 13.0 Å². The Morgan fingerprint density at radius 2 is 2.28 bits per heavy atom. The molecule has 2 rings (SSSR count). The lowest BCUT2D eigenvalue weighted by Gasteiger charge is -2.14. The van der Waals surface area contributed by atoms with E-state index in [1.165, 1.54) is 0 Å². The molecule has 0 bridgehead atoms. The summed E-state index contributed by atoms with van der Waals surface area (Å²) in [6.07, 6.45) is 2.23. The van der Waals surface area contributed by atoms with Gasteiger partial charge in [-0.2, -0.15) is 0 Å². The van der Waals surface area contributed by atoms with Crippen LogP contribution in [0.25, 0.3) is 0 Å². The predicted octanol–water partition coefficient (Wildman–Crippen LogP) is -1.16. The first kappa shape index (κ1) is 12.3. The lowest BCUT2D eigenvalue weighted by atomic mass is 10.4. The van der Waals surface area contributed by atoms with Gasteiger partial charge in [-0.1, -0.05) is 0 Å². The third kappa shape index (κ3) is 2.96. The number of hydrogen-bond acceptors (Lipinski definition) is 4. The van der Waals surface area contributed by atoms with Gasteiger partial charge in [-0.05, 0) is 12.8 Å². The summed E-state index contributed by atoms with van der Waals surface area (Å²) in [5.41, 5.74) is -0.511. The molecule has 0 aromatic carbocycles. The number of carbonyl (C=O) groups excluding carboxylic acids is 2. The molecule has 8 heteroatoms. The van der Waals surface area contributed by atoms with Crippen molar-refractivity contribution in [3.63, 3.8) is 0 Å². The molecule has 18 heavy (non-hydrogen) atoms. The molecule has 1 aromatic rings. The van der Waals surface area contributed by atoms with Crippen molar-refractivity contribution in [1.29, 1.82) is 0 Å². The second kappa shape index (κ2) is 5.48. The zero-order chi connectivity index (χ0) is 13.0. The Balaban J connectivity index is 1.68. The third-order valence-electron chi connectivity index (χ3n) is 2.78. The van der Waals surface area contributed by atoms with Gasteiger partial charge in [0.2, 0.25) is 11.7 Å². The van der Waals surface area contributed by atoms with Gasteiger partial charge >= 0.3 is 5.69 Å². The maximum atomic E-state index is 11.5. The number of nitrogens with zero attached hydrogens (tertiary/aromatic N) is 2. The third-order valence-corrected chi connectivity index (χ3v) is 2.78. The number of carbonyl (C=O) groups is 2. The maximum Gasteiger partial charge on any atom is 0.341 e. The molecule has 0 unspecified atom stereocenters. The Bertz CT molecular complexity index is 492. The topological polar surface area (TPSA) is 111 Å². The summed E-state index contributed by atoms with van der Waals surface area (Å²) in [6.45, 7) is 1.90. The molecule has 1 aliphatic heterocycles. The summed E-state index contributed by atoms with van der Waals surface area (Å²) in [6, 6.07) is 0. The van der Waals surface area contributed by atoms with Gasteiger partial charge < -0.3 is 10.2 Å². The molecular formula is C10H15N5O3. The Morgan fingerprint density at radius 3 is 2.89 bits per heavy atom. The van der Waals surface area contributed by atoms with E-state index in [9.17, 15) is 14.4 Å². The van der Waals surface area contributed by atoms with Crippen LogP contribution in [0, 0.1) is 0 Å². The molecule has 98 valence electrons. The van der Waals surface area contributed by atoms with E-state index in [0.29, 0.717) is 25.9 Å². The Kier molecular flexibility index (Phi) is 3.75. The van der Waals surface area contributed by atoms with Gasteiger partial charge in [0, 0.05) is 26.1 Å². The molecule has 0 saturated carbocycles.